The Morgan fingerprint density at radius 3 is 2.70 bits per heavy atom. The van der Waals surface area contributed by atoms with Crippen molar-refractivity contribution < 1.29 is 27.2 Å². The SMILES string of the molecule is O=[N+]([O-])c1cc(C2=CCCCC2)c2nc1-c1nnc(o1)C(OCc1ccccc1)(C(F)(F)F)CCC=CC[C@@H]1CCCN21. The molecule has 0 N–H and O–H groups in total. The molecular formula is C31H32F3N5O4. The molecule has 0 radical (unpaired) electrons. The van der Waals surface area contributed by atoms with Gasteiger partial charge in [0.15, 0.2) is 0 Å². The van der Waals surface area contributed by atoms with Crippen LogP contribution in [0.15, 0.2) is 59.0 Å². The van der Waals surface area contributed by atoms with Crippen LogP contribution in [0.2, 0.25) is 0 Å². The summed E-state index contributed by atoms with van der Waals surface area (Å²) in [4.78, 5) is 18.7. The van der Waals surface area contributed by atoms with E-state index >= 15 is 0 Å². The van der Waals surface area contributed by atoms with Crippen molar-refractivity contribution in [2.75, 3.05) is 11.4 Å². The van der Waals surface area contributed by atoms with Crippen molar-refractivity contribution >= 4 is 17.1 Å². The number of aromatic nitrogens is 3. The quantitative estimate of drug-likeness (QED) is 0.168. The lowest BCUT2D eigenvalue weighted by molar-refractivity contribution is -0.384. The number of hydrogen-bond donors (Lipinski definition) is 0. The van der Waals surface area contributed by atoms with Crippen LogP contribution in [-0.4, -0.2) is 38.9 Å². The van der Waals surface area contributed by atoms with Crippen molar-refractivity contribution in [1.29, 1.82) is 0 Å². The van der Waals surface area contributed by atoms with Crippen molar-refractivity contribution in [2.24, 2.45) is 0 Å². The fourth-order valence-electron chi connectivity index (χ4n) is 6.19. The van der Waals surface area contributed by atoms with Gasteiger partial charge in [-0.2, -0.15) is 13.2 Å². The molecule has 43 heavy (non-hydrogen) atoms. The van der Waals surface area contributed by atoms with Crippen LogP contribution in [0.5, 0.6) is 0 Å². The van der Waals surface area contributed by atoms with Crippen molar-refractivity contribution in [2.45, 2.75) is 82.2 Å². The van der Waals surface area contributed by atoms with E-state index in [1.165, 1.54) is 6.07 Å². The number of allylic oxidation sites excluding steroid dienone is 3. The third kappa shape index (κ3) is 5.67. The highest BCUT2D eigenvalue weighted by Crippen LogP contribution is 2.48. The number of fused-ring (bicyclic) bond motifs is 7. The molecule has 3 aliphatic rings. The summed E-state index contributed by atoms with van der Waals surface area (Å²) in [5.41, 5.74) is -1.39. The van der Waals surface area contributed by atoms with Crippen LogP contribution in [0.4, 0.5) is 24.7 Å². The van der Waals surface area contributed by atoms with Gasteiger partial charge in [0.25, 0.3) is 11.8 Å². The summed E-state index contributed by atoms with van der Waals surface area (Å²) in [7, 11) is 0. The lowest BCUT2D eigenvalue weighted by atomic mass is 9.93. The number of alkyl halides is 3. The first kappa shape index (κ1) is 29.0. The molecule has 2 aliphatic heterocycles. The summed E-state index contributed by atoms with van der Waals surface area (Å²) in [6, 6.07) is 10.0. The zero-order valence-electron chi connectivity index (χ0n) is 23.6. The minimum Gasteiger partial charge on any atom is -0.415 e. The Balaban J connectivity index is 1.52. The Kier molecular flexibility index (Phi) is 8.04. The molecular weight excluding hydrogens is 563 g/mol. The molecule has 1 fully saturated rings. The number of nitrogens with zero attached hydrogens (tertiary/aromatic N) is 5. The van der Waals surface area contributed by atoms with E-state index in [0.717, 1.165) is 44.1 Å². The minimum atomic E-state index is -4.93. The van der Waals surface area contributed by atoms with Gasteiger partial charge in [-0.05, 0) is 68.9 Å². The van der Waals surface area contributed by atoms with Crippen LogP contribution in [0.1, 0.15) is 74.8 Å². The molecule has 1 unspecified atom stereocenters. The molecule has 4 heterocycles. The van der Waals surface area contributed by atoms with Crippen molar-refractivity contribution in [3.05, 3.63) is 81.8 Å². The van der Waals surface area contributed by atoms with Crippen molar-refractivity contribution in [1.82, 2.24) is 15.2 Å². The molecule has 226 valence electrons. The molecule has 4 bridgehead atoms. The molecule has 1 aromatic carbocycles. The second-order valence-electron chi connectivity index (χ2n) is 11.2. The Morgan fingerprint density at radius 1 is 1.12 bits per heavy atom. The van der Waals surface area contributed by atoms with Crippen LogP contribution in [0, 0.1) is 10.1 Å². The van der Waals surface area contributed by atoms with E-state index in [-0.39, 0.29) is 24.8 Å². The molecule has 0 spiro atoms. The Bertz CT molecular complexity index is 1540. The van der Waals surface area contributed by atoms with Crippen LogP contribution in [-0.2, 0) is 16.9 Å². The Morgan fingerprint density at radius 2 is 1.95 bits per heavy atom. The normalized spacial score (nSPS) is 22.5. The zero-order valence-corrected chi connectivity index (χ0v) is 23.6. The molecule has 9 nitrogen and oxygen atoms in total. The molecule has 2 aromatic heterocycles. The summed E-state index contributed by atoms with van der Waals surface area (Å²) < 4.78 is 56.3. The maximum atomic E-state index is 15.0. The minimum absolute atomic E-state index is 0.0422. The fraction of sp³-hybridized carbons (Fsp3) is 0.452. The zero-order chi connectivity index (χ0) is 30.0. The molecule has 12 heteroatoms. The van der Waals surface area contributed by atoms with Gasteiger partial charge < -0.3 is 14.1 Å². The predicted molar refractivity (Wildman–Crippen MR) is 153 cm³/mol. The second-order valence-corrected chi connectivity index (χ2v) is 11.2. The van der Waals surface area contributed by atoms with E-state index in [4.69, 9.17) is 14.1 Å². The number of ether oxygens (including phenoxy) is 1. The van der Waals surface area contributed by atoms with Crippen LogP contribution >= 0.6 is 0 Å². The molecule has 2 atom stereocenters. The highest BCUT2D eigenvalue weighted by molar-refractivity contribution is 5.81. The Labute approximate surface area is 246 Å². The summed E-state index contributed by atoms with van der Waals surface area (Å²) in [5.74, 6) is -0.705. The van der Waals surface area contributed by atoms with Gasteiger partial charge in [-0.1, -0.05) is 48.6 Å². The van der Waals surface area contributed by atoms with Crippen molar-refractivity contribution in [3.63, 3.8) is 0 Å². The summed E-state index contributed by atoms with van der Waals surface area (Å²) in [6.07, 6.45) is 6.36. The monoisotopic (exact) mass is 595 g/mol. The number of nitro groups is 1. The summed E-state index contributed by atoms with van der Waals surface area (Å²) in [6.45, 7) is 0.355. The molecule has 6 rings (SSSR count). The number of rotatable bonds is 5. The first-order valence-electron chi connectivity index (χ1n) is 14.7. The van der Waals surface area contributed by atoms with Gasteiger partial charge in [-0.3, -0.25) is 10.1 Å². The van der Waals surface area contributed by atoms with E-state index in [1.54, 1.807) is 36.4 Å². The van der Waals surface area contributed by atoms with Gasteiger partial charge in [0.1, 0.15) is 5.82 Å². The lowest BCUT2D eigenvalue weighted by Crippen LogP contribution is -2.45. The largest absolute Gasteiger partial charge is 0.426 e. The second kappa shape index (κ2) is 11.9. The standard InChI is InChI=1S/C31H32F3N5O4/c32-31(33,34)30(42-20-21-11-4-1-5-12-21)17-9-3-8-15-23-16-10-18-38(23)27-24(22-13-6-2-7-14-22)19-25(39(40)41)26(35-27)28-36-37-29(30)43-28/h1,3-5,8,11-13,19,23H,2,6-7,9-10,14-18,20H2/t23-,30?/m1/s1. The molecule has 3 aromatic rings. The van der Waals surface area contributed by atoms with Crippen LogP contribution in [0.3, 0.4) is 0 Å². The third-order valence-corrected chi connectivity index (χ3v) is 8.46. The predicted octanol–water partition coefficient (Wildman–Crippen LogP) is 7.68. The van der Waals surface area contributed by atoms with Crippen LogP contribution < -0.4 is 4.90 Å². The highest BCUT2D eigenvalue weighted by Gasteiger charge is 2.61. The maximum Gasteiger partial charge on any atom is 0.426 e. The number of halogens is 3. The molecule has 0 saturated carbocycles. The fourth-order valence-corrected chi connectivity index (χ4v) is 6.19. The average Bonchev–Trinajstić information content (AvgIpc) is 3.68. The van der Waals surface area contributed by atoms with Gasteiger partial charge in [0.05, 0.1) is 11.5 Å². The van der Waals surface area contributed by atoms with E-state index in [0.29, 0.717) is 29.9 Å². The third-order valence-electron chi connectivity index (χ3n) is 8.46. The highest BCUT2D eigenvalue weighted by atomic mass is 19.4. The molecule has 1 saturated heterocycles. The van der Waals surface area contributed by atoms with Gasteiger partial charge in [-0.15, -0.1) is 10.2 Å². The number of benzene rings is 1. The van der Waals surface area contributed by atoms with Gasteiger partial charge in [0, 0.05) is 24.2 Å². The topological polar surface area (TPSA) is 107 Å². The van der Waals surface area contributed by atoms with Crippen LogP contribution in [0.25, 0.3) is 17.2 Å². The summed E-state index contributed by atoms with van der Waals surface area (Å²) in [5, 5.41) is 20.0. The smallest absolute Gasteiger partial charge is 0.415 e. The van der Waals surface area contributed by atoms with E-state index in [2.05, 4.69) is 21.2 Å². The number of hydrogen-bond acceptors (Lipinski definition) is 8. The lowest BCUT2D eigenvalue weighted by Gasteiger charge is -2.32. The van der Waals surface area contributed by atoms with Crippen molar-refractivity contribution in [3.8, 4) is 11.6 Å². The number of anilines is 1. The first-order chi connectivity index (χ1) is 20.8. The maximum absolute atomic E-state index is 15.0. The molecule has 1 aliphatic carbocycles. The number of pyridine rings is 1. The average molecular weight is 596 g/mol. The van der Waals surface area contributed by atoms with E-state index in [9.17, 15) is 23.3 Å². The Hall–Kier alpha value is -4.06. The van der Waals surface area contributed by atoms with Gasteiger partial charge in [0.2, 0.25) is 11.3 Å². The van der Waals surface area contributed by atoms with Gasteiger partial charge in [-0.25, -0.2) is 4.98 Å². The van der Waals surface area contributed by atoms with E-state index < -0.39 is 40.6 Å². The van der Waals surface area contributed by atoms with Gasteiger partial charge >= 0.3 is 11.9 Å². The summed E-state index contributed by atoms with van der Waals surface area (Å²) >= 11 is 0. The molecule has 0 amide bonds. The van der Waals surface area contributed by atoms with E-state index in [1.807, 2.05) is 6.08 Å². The first-order valence-corrected chi connectivity index (χ1v) is 14.7.